The maximum Gasteiger partial charge on any atom is 0.338 e. The lowest BCUT2D eigenvalue weighted by atomic mass is 10.1. The molecule has 1 rings (SSSR count). The molecule has 10 nitrogen and oxygen atoms in total. The number of ether oxygens (including phenoxy) is 2. The zero-order valence-corrected chi connectivity index (χ0v) is 21.2. The van der Waals surface area contributed by atoms with Gasteiger partial charge in [0.15, 0.2) is 14.4 Å². The summed E-state index contributed by atoms with van der Waals surface area (Å²) in [5.41, 5.74) is 17.3. The van der Waals surface area contributed by atoms with Crippen molar-refractivity contribution < 1.29 is 18.7 Å². The highest BCUT2D eigenvalue weighted by Gasteiger charge is 2.42. The molecule has 0 amide bonds. The SMILES string of the molecule is CC(C)(C)OC(=O)[C@@H](COc1ccc([C@H](CN=[N+]=[N-])N=[N+]=[N-])cc1)O[Si](C)(C)C(C)(C)C. The summed E-state index contributed by atoms with van der Waals surface area (Å²) in [6, 6.07) is 6.23. The van der Waals surface area contributed by atoms with E-state index in [-0.39, 0.29) is 18.2 Å². The number of carbonyl (C=O) groups is 1. The van der Waals surface area contributed by atoms with Crippen molar-refractivity contribution >= 4 is 14.3 Å². The summed E-state index contributed by atoms with van der Waals surface area (Å²) in [6.45, 7) is 15.9. The van der Waals surface area contributed by atoms with E-state index in [4.69, 9.17) is 25.0 Å². The van der Waals surface area contributed by atoms with Gasteiger partial charge < -0.3 is 13.9 Å². The third kappa shape index (κ3) is 8.80. The average Bonchev–Trinajstić information content (AvgIpc) is 2.66. The molecule has 0 bridgehead atoms. The van der Waals surface area contributed by atoms with Crippen LogP contribution < -0.4 is 4.74 Å². The largest absolute Gasteiger partial charge is 0.490 e. The highest BCUT2D eigenvalue weighted by molar-refractivity contribution is 6.74. The molecule has 0 spiro atoms. The molecule has 0 aliphatic rings. The van der Waals surface area contributed by atoms with Crippen LogP contribution in [0.25, 0.3) is 20.9 Å². The van der Waals surface area contributed by atoms with Gasteiger partial charge in [-0.3, -0.25) is 0 Å². The number of hydrogen-bond donors (Lipinski definition) is 0. The van der Waals surface area contributed by atoms with Crippen molar-refractivity contribution in [1.29, 1.82) is 0 Å². The topological polar surface area (TPSA) is 142 Å². The van der Waals surface area contributed by atoms with Crippen LogP contribution in [0, 0.1) is 0 Å². The van der Waals surface area contributed by atoms with Crippen LogP contribution in [0.5, 0.6) is 5.75 Å². The first kappa shape index (κ1) is 27.3. The number of hydrogen-bond acceptors (Lipinski definition) is 6. The van der Waals surface area contributed by atoms with Gasteiger partial charge >= 0.3 is 5.97 Å². The minimum absolute atomic E-state index is 0.000722. The zero-order chi connectivity index (χ0) is 24.6. The molecule has 2 atom stereocenters. The fraction of sp³-hybridized carbons (Fsp3) is 0.667. The first-order chi connectivity index (χ1) is 14.7. The predicted octanol–water partition coefficient (Wildman–Crippen LogP) is 6.46. The van der Waals surface area contributed by atoms with Gasteiger partial charge in [-0.25, -0.2) is 4.79 Å². The zero-order valence-electron chi connectivity index (χ0n) is 20.2. The Bertz CT molecular complexity index is 864. The quantitative estimate of drug-likeness (QED) is 0.129. The lowest BCUT2D eigenvalue weighted by Gasteiger charge is -2.39. The first-order valence-electron chi connectivity index (χ1n) is 10.4. The van der Waals surface area contributed by atoms with Crippen LogP contribution in [0.15, 0.2) is 34.5 Å². The molecule has 0 aromatic heterocycles. The van der Waals surface area contributed by atoms with Crippen LogP contribution in [-0.2, 0) is 14.0 Å². The van der Waals surface area contributed by atoms with E-state index >= 15 is 0 Å². The third-order valence-corrected chi connectivity index (χ3v) is 9.57. The molecule has 1 aromatic carbocycles. The Morgan fingerprint density at radius 1 is 1.06 bits per heavy atom. The van der Waals surface area contributed by atoms with E-state index in [1.165, 1.54) is 0 Å². The van der Waals surface area contributed by atoms with Gasteiger partial charge in [-0.1, -0.05) is 43.1 Å². The van der Waals surface area contributed by atoms with Gasteiger partial charge in [0.1, 0.15) is 18.0 Å². The molecule has 0 radical (unpaired) electrons. The molecule has 11 heteroatoms. The summed E-state index contributed by atoms with van der Waals surface area (Å²) in [5.74, 6) is 0.0568. The van der Waals surface area contributed by atoms with Crippen LogP contribution in [-0.4, -0.2) is 39.1 Å². The van der Waals surface area contributed by atoms with Crippen molar-refractivity contribution in [3.63, 3.8) is 0 Å². The number of benzene rings is 1. The number of carbonyl (C=O) groups excluding carboxylic acids is 1. The van der Waals surface area contributed by atoms with Gasteiger partial charge in [-0.05, 0) is 67.7 Å². The minimum Gasteiger partial charge on any atom is -0.490 e. The molecule has 176 valence electrons. The number of esters is 1. The Labute approximate surface area is 190 Å². The van der Waals surface area contributed by atoms with Crippen molar-refractivity contribution in [3.05, 3.63) is 50.7 Å². The Morgan fingerprint density at radius 2 is 1.66 bits per heavy atom. The number of nitrogens with zero attached hydrogens (tertiary/aromatic N) is 6. The Hall–Kier alpha value is -2.71. The molecule has 0 saturated heterocycles. The van der Waals surface area contributed by atoms with Gasteiger partial charge in [0.25, 0.3) is 0 Å². The molecule has 0 saturated carbocycles. The fourth-order valence-electron chi connectivity index (χ4n) is 2.39. The highest BCUT2D eigenvalue weighted by Crippen LogP contribution is 2.37. The maximum atomic E-state index is 12.8. The average molecular weight is 463 g/mol. The first-order valence-corrected chi connectivity index (χ1v) is 13.3. The van der Waals surface area contributed by atoms with E-state index in [1.807, 2.05) is 20.8 Å². The summed E-state index contributed by atoms with van der Waals surface area (Å²) in [4.78, 5) is 18.3. The van der Waals surface area contributed by atoms with Crippen LogP contribution in [0.1, 0.15) is 53.1 Å². The summed E-state index contributed by atoms with van der Waals surface area (Å²) in [5, 5.41) is 7.04. The molecule has 32 heavy (non-hydrogen) atoms. The van der Waals surface area contributed by atoms with E-state index in [1.54, 1.807) is 24.3 Å². The Kier molecular flexibility index (Phi) is 9.60. The van der Waals surface area contributed by atoms with Gasteiger partial charge in [0.05, 0.1) is 6.04 Å². The summed E-state index contributed by atoms with van der Waals surface area (Å²) in [6.07, 6.45) is -0.865. The van der Waals surface area contributed by atoms with E-state index < -0.39 is 32.0 Å². The van der Waals surface area contributed by atoms with Crippen molar-refractivity contribution in [3.8, 4) is 5.75 Å². The van der Waals surface area contributed by atoms with Crippen molar-refractivity contribution in [2.24, 2.45) is 10.2 Å². The molecule has 0 unspecified atom stereocenters. The van der Waals surface area contributed by atoms with E-state index in [0.29, 0.717) is 11.3 Å². The molecule has 0 heterocycles. The second-order valence-corrected chi connectivity index (χ2v) is 14.7. The lowest BCUT2D eigenvalue weighted by molar-refractivity contribution is -0.165. The minimum atomic E-state index is -2.26. The van der Waals surface area contributed by atoms with Gasteiger partial charge in [0, 0.05) is 16.4 Å². The molecule has 0 aliphatic carbocycles. The third-order valence-electron chi connectivity index (χ3n) is 5.09. The van der Waals surface area contributed by atoms with Gasteiger partial charge in [-0.2, -0.15) is 0 Å². The molecular formula is C21H34N6O4Si. The number of rotatable bonds is 10. The van der Waals surface area contributed by atoms with Crippen LogP contribution in [0.2, 0.25) is 18.1 Å². The van der Waals surface area contributed by atoms with Gasteiger partial charge in [0.2, 0.25) is 0 Å². The second-order valence-electron chi connectivity index (χ2n) is 9.91. The maximum absolute atomic E-state index is 12.8. The monoisotopic (exact) mass is 462 g/mol. The van der Waals surface area contributed by atoms with E-state index in [2.05, 4.69) is 53.9 Å². The fourth-order valence-corrected chi connectivity index (χ4v) is 3.62. The highest BCUT2D eigenvalue weighted by atomic mass is 28.4. The summed E-state index contributed by atoms with van der Waals surface area (Å²) in [7, 11) is -2.26. The normalized spacial score (nSPS) is 13.9. The second kappa shape index (κ2) is 11.2. The van der Waals surface area contributed by atoms with Crippen molar-refractivity contribution in [1.82, 2.24) is 0 Å². The van der Waals surface area contributed by atoms with E-state index in [0.717, 1.165) is 0 Å². The predicted molar refractivity (Wildman–Crippen MR) is 126 cm³/mol. The van der Waals surface area contributed by atoms with Crippen LogP contribution >= 0.6 is 0 Å². The standard InChI is InChI=1S/C21H34N6O4Si/c1-20(2,3)30-19(28)18(31-32(7,8)21(4,5)6)14-29-16-11-9-15(10-12-16)17(25-27-23)13-24-26-22/h9-12,17-18H,13-14H2,1-8H3/t17-,18+/m0/s1. The smallest absolute Gasteiger partial charge is 0.338 e. The summed E-state index contributed by atoms with van der Waals surface area (Å²) >= 11 is 0. The summed E-state index contributed by atoms with van der Waals surface area (Å²) < 4.78 is 17.7. The molecule has 0 N–H and O–H groups in total. The number of azide groups is 2. The molecule has 0 fully saturated rings. The van der Waals surface area contributed by atoms with E-state index in [9.17, 15) is 4.79 Å². The Balaban J connectivity index is 3.00. The lowest BCUT2D eigenvalue weighted by Crippen LogP contribution is -2.49. The molecule has 0 aliphatic heterocycles. The van der Waals surface area contributed by atoms with Crippen LogP contribution in [0.4, 0.5) is 0 Å². The van der Waals surface area contributed by atoms with Crippen molar-refractivity contribution in [2.45, 2.75) is 77.4 Å². The van der Waals surface area contributed by atoms with Gasteiger partial charge in [-0.15, -0.1) is 0 Å². The molecule has 1 aromatic rings. The Morgan fingerprint density at radius 3 is 2.12 bits per heavy atom. The van der Waals surface area contributed by atoms with Crippen molar-refractivity contribution in [2.75, 3.05) is 13.2 Å². The molecular weight excluding hydrogens is 428 g/mol. The van der Waals surface area contributed by atoms with Crippen LogP contribution in [0.3, 0.4) is 0 Å².